The summed E-state index contributed by atoms with van der Waals surface area (Å²) < 4.78 is 2.30. The van der Waals surface area contributed by atoms with E-state index in [9.17, 15) is 4.79 Å². The highest BCUT2D eigenvalue weighted by Gasteiger charge is 2.14. The number of amides is 2. The number of aromatic nitrogens is 1. The Kier molecular flexibility index (Phi) is 5.26. The second kappa shape index (κ2) is 6.33. The first-order valence-corrected chi connectivity index (χ1v) is 7.31. The Morgan fingerprint density at radius 3 is 2.30 bits per heavy atom. The fourth-order valence-corrected chi connectivity index (χ4v) is 2.40. The molecule has 2 amide bonds. The van der Waals surface area contributed by atoms with Crippen molar-refractivity contribution in [2.75, 3.05) is 6.54 Å². The zero-order valence-electron chi connectivity index (χ0n) is 13.9. The van der Waals surface area contributed by atoms with Gasteiger partial charge >= 0.3 is 6.03 Å². The fourth-order valence-electron chi connectivity index (χ4n) is 2.40. The number of carbonyl (C=O) groups excluding carboxylic acids is 1. The zero-order chi connectivity index (χ0) is 15.5. The summed E-state index contributed by atoms with van der Waals surface area (Å²) in [7, 11) is 0. The Morgan fingerprint density at radius 1 is 1.25 bits per heavy atom. The van der Waals surface area contributed by atoms with Crippen LogP contribution in [0.25, 0.3) is 0 Å². The Balaban J connectivity index is 2.58. The van der Waals surface area contributed by atoms with Gasteiger partial charge in [0.2, 0.25) is 0 Å². The molecule has 114 valence electrons. The molecule has 1 aromatic rings. The first kappa shape index (κ1) is 16.6. The van der Waals surface area contributed by atoms with Crippen LogP contribution in [0.15, 0.2) is 6.07 Å². The molecule has 0 aliphatic heterocycles. The van der Waals surface area contributed by atoms with Crippen LogP contribution in [0.2, 0.25) is 0 Å². The van der Waals surface area contributed by atoms with Gasteiger partial charge in [-0.05, 0) is 44.7 Å². The van der Waals surface area contributed by atoms with Crippen LogP contribution in [0.4, 0.5) is 4.79 Å². The normalized spacial score (nSPS) is 11.8. The van der Waals surface area contributed by atoms with E-state index in [4.69, 9.17) is 0 Å². The molecule has 0 fully saturated rings. The molecule has 0 unspecified atom stereocenters. The second-order valence-corrected chi connectivity index (χ2v) is 6.96. The standard InChI is InChI=1S/C16H29N3O/c1-11(2)19-12(3)8-14(13(19)4)9-17-15(20)18-10-16(5,6)7/h8,11H,9-10H2,1-7H3,(H2,17,18,20). The van der Waals surface area contributed by atoms with E-state index in [1.807, 2.05) is 0 Å². The molecule has 0 saturated heterocycles. The lowest BCUT2D eigenvalue weighted by Crippen LogP contribution is -2.39. The van der Waals surface area contributed by atoms with Gasteiger partial charge in [-0.1, -0.05) is 20.8 Å². The van der Waals surface area contributed by atoms with Gasteiger partial charge in [0.1, 0.15) is 0 Å². The Morgan fingerprint density at radius 2 is 1.85 bits per heavy atom. The summed E-state index contributed by atoms with van der Waals surface area (Å²) in [6.07, 6.45) is 0. The predicted octanol–water partition coefficient (Wildman–Crippen LogP) is 3.53. The topological polar surface area (TPSA) is 46.1 Å². The van der Waals surface area contributed by atoms with Crippen molar-refractivity contribution < 1.29 is 4.79 Å². The predicted molar refractivity (Wildman–Crippen MR) is 84.0 cm³/mol. The largest absolute Gasteiger partial charge is 0.346 e. The van der Waals surface area contributed by atoms with Crippen LogP contribution < -0.4 is 10.6 Å². The molecule has 2 N–H and O–H groups in total. The minimum absolute atomic E-state index is 0.102. The third-order valence-corrected chi connectivity index (χ3v) is 3.32. The zero-order valence-corrected chi connectivity index (χ0v) is 13.9. The summed E-state index contributed by atoms with van der Waals surface area (Å²) in [6, 6.07) is 2.49. The lowest BCUT2D eigenvalue weighted by molar-refractivity contribution is 0.235. The van der Waals surface area contributed by atoms with Gasteiger partial charge in [-0.15, -0.1) is 0 Å². The van der Waals surface area contributed by atoms with Gasteiger partial charge < -0.3 is 15.2 Å². The average Bonchev–Trinajstić information content (AvgIpc) is 2.58. The third-order valence-electron chi connectivity index (χ3n) is 3.32. The highest BCUT2D eigenvalue weighted by Crippen LogP contribution is 2.19. The maximum Gasteiger partial charge on any atom is 0.315 e. The molecule has 0 aliphatic rings. The first-order chi connectivity index (χ1) is 9.11. The molecule has 0 saturated carbocycles. The van der Waals surface area contributed by atoms with Gasteiger partial charge in [0.05, 0.1) is 0 Å². The van der Waals surface area contributed by atoms with Crippen LogP contribution in [0.5, 0.6) is 0 Å². The minimum Gasteiger partial charge on any atom is -0.346 e. The summed E-state index contributed by atoms with van der Waals surface area (Å²) >= 11 is 0. The maximum absolute atomic E-state index is 11.8. The van der Waals surface area contributed by atoms with Gasteiger partial charge in [-0.2, -0.15) is 0 Å². The average molecular weight is 279 g/mol. The summed E-state index contributed by atoms with van der Waals surface area (Å²) in [5, 5.41) is 5.83. The molecule has 0 radical (unpaired) electrons. The molecular weight excluding hydrogens is 250 g/mol. The van der Waals surface area contributed by atoms with Crippen molar-refractivity contribution in [3.63, 3.8) is 0 Å². The van der Waals surface area contributed by atoms with Crippen molar-refractivity contribution in [2.45, 2.75) is 61.1 Å². The molecule has 0 spiro atoms. The summed E-state index contributed by atoms with van der Waals surface area (Å²) in [5.41, 5.74) is 3.75. The van der Waals surface area contributed by atoms with Crippen LogP contribution in [0.3, 0.4) is 0 Å². The molecule has 4 heteroatoms. The van der Waals surface area contributed by atoms with Crippen molar-refractivity contribution in [2.24, 2.45) is 5.41 Å². The third kappa shape index (κ3) is 4.58. The Bertz CT molecular complexity index is 467. The molecule has 1 rings (SSSR count). The van der Waals surface area contributed by atoms with Crippen molar-refractivity contribution in [3.8, 4) is 0 Å². The van der Waals surface area contributed by atoms with E-state index in [0.29, 0.717) is 19.1 Å². The van der Waals surface area contributed by atoms with Gasteiger partial charge in [0.25, 0.3) is 0 Å². The van der Waals surface area contributed by atoms with E-state index < -0.39 is 0 Å². The summed E-state index contributed by atoms with van der Waals surface area (Å²) in [6.45, 7) is 16.1. The van der Waals surface area contributed by atoms with Gasteiger partial charge in [-0.3, -0.25) is 0 Å². The van der Waals surface area contributed by atoms with Crippen LogP contribution >= 0.6 is 0 Å². The SMILES string of the molecule is Cc1cc(CNC(=O)NCC(C)(C)C)c(C)n1C(C)C. The summed E-state index contributed by atoms with van der Waals surface area (Å²) in [4.78, 5) is 11.8. The van der Waals surface area contributed by atoms with Crippen molar-refractivity contribution in [3.05, 3.63) is 23.0 Å². The van der Waals surface area contributed by atoms with E-state index in [1.54, 1.807) is 0 Å². The van der Waals surface area contributed by atoms with E-state index in [0.717, 1.165) is 0 Å². The Hall–Kier alpha value is -1.45. The van der Waals surface area contributed by atoms with E-state index in [2.05, 4.69) is 69.7 Å². The van der Waals surface area contributed by atoms with Crippen LogP contribution in [0, 0.1) is 19.3 Å². The molecule has 0 aromatic carbocycles. The maximum atomic E-state index is 11.8. The lowest BCUT2D eigenvalue weighted by atomic mass is 9.97. The minimum atomic E-state index is -0.103. The monoisotopic (exact) mass is 279 g/mol. The number of nitrogens with one attached hydrogen (secondary N) is 2. The number of urea groups is 1. The van der Waals surface area contributed by atoms with Gasteiger partial charge in [-0.25, -0.2) is 4.79 Å². The number of nitrogens with zero attached hydrogens (tertiary/aromatic N) is 1. The van der Waals surface area contributed by atoms with E-state index in [-0.39, 0.29) is 11.4 Å². The number of aryl methyl sites for hydroxylation is 1. The number of hydrogen-bond donors (Lipinski definition) is 2. The van der Waals surface area contributed by atoms with Crippen LogP contribution in [-0.4, -0.2) is 17.1 Å². The highest BCUT2D eigenvalue weighted by atomic mass is 16.2. The smallest absolute Gasteiger partial charge is 0.315 e. The quantitative estimate of drug-likeness (QED) is 0.870. The highest BCUT2D eigenvalue weighted by molar-refractivity contribution is 5.73. The first-order valence-electron chi connectivity index (χ1n) is 7.31. The molecule has 0 aliphatic carbocycles. The second-order valence-electron chi connectivity index (χ2n) is 6.96. The molecule has 20 heavy (non-hydrogen) atoms. The number of hydrogen-bond acceptors (Lipinski definition) is 1. The van der Waals surface area contributed by atoms with Crippen molar-refractivity contribution >= 4 is 6.03 Å². The molecule has 1 aromatic heterocycles. The number of rotatable bonds is 4. The van der Waals surface area contributed by atoms with Gasteiger partial charge in [0, 0.05) is 30.5 Å². The Labute approximate surface area is 122 Å². The molecule has 0 bridgehead atoms. The fraction of sp³-hybridized carbons (Fsp3) is 0.688. The van der Waals surface area contributed by atoms with Crippen molar-refractivity contribution in [1.29, 1.82) is 0 Å². The molecule has 0 atom stereocenters. The molecular formula is C16H29N3O. The molecule has 1 heterocycles. The van der Waals surface area contributed by atoms with Crippen molar-refractivity contribution in [1.82, 2.24) is 15.2 Å². The van der Waals surface area contributed by atoms with Crippen LogP contribution in [0.1, 0.15) is 57.6 Å². The van der Waals surface area contributed by atoms with Gasteiger partial charge in [0.15, 0.2) is 0 Å². The molecule has 4 nitrogen and oxygen atoms in total. The number of carbonyl (C=O) groups is 1. The van der Waals surface area contributed by atoms with E-state index >= 15 is 0 Å². The summed E-state index contributed by atoms with van der Waals surface area (Å²) in [5.74, 6) is 0. The van der Waals surface area contributed by atoms with Crippen LogP contribution in [-0.2, 0) is 6.54 Å². The lowest BCUT2D eigenvalue weighted by Gasteiger charge is -2.19. The van der Waals surface area contributed by atoms with E-state index in [1.165, 1.54) is 17.0 Å².